The van der Waals surface area contributed by atoms with Crippen molar-refractivity contribution in [2.45, 2.75) is 109 Å². The molecule has 0 aliphatic carbocycles. The lowest BCUT2D eigenvalue weighted by molar-refractivity contribution is 0.117. The molecule has 0 aromatic heterocycles. The molecule has 0 heterocycles. The van der Waals surface area contributed by atoms with E-state index in [0.717, 1.165) is 12.2 Å². The Hall–Kier alpha value is -0.730. The van der Waals surface area contributed by atoms with Crippen molar-refractivity contribution in [3.63, 3.8) is 0 Å². The van der Waals surface area contributed by atoms with Crippen LogP contribution in [0.2, 0.25) is 0 Å². The zero-order chi connectivity index (χ0) is 18.4. The minimum absolute atomic E-state index is 0. The Bertz CT molecular complexity index is 416. The van der Waals surface area contributed by atoms with Crippen LogP contribution < -0.4 is 10.5 Å². The predicted octanol–water partition coefficient (Wildman–Crippen LogP) is 7.29. The largest absolute Gasteiger partial charge is 0.489 e. The van der Waals surface area contributed by atoms with Crippen LogP contribution in [0, 0.1) is 0 Å². The van der Waals surface area contributed by atoms with Crippen LogP contribution in [0.15, 0.2) is 30.3 Å². The van der Waals surface area contributed by atoms with Crippen molar-refractivity contribution in [3.05, 3.63) is 30.3 Å². The molecule has 2 nitrogen and oxygen atoms in total. The fourth-order valence-electron chi connectivity index (χ4n) is 3.24. The first-order chi connectivity index (χ1) is 12.0. The summed E-state index contributed by atoms with van der Waals surface area (Å²) < 4.78 is 6.15. The van der Waals surface area contributed by atoms with Crippen LogP contribution in [0.4, 0.5) is 0 Å². The normalized spacial score (nSPS) is 12.5. The van der Waals surface area contributed by atoms with E-state index >= 15 is 0 Å². The third-order valence-corrected chi connectivity index (χ3v) is 4.92. The van der Waals surface area contributed by atoms with Gasteiger partial charge in [-0.15, -0.1) is 12.4 Å². The summed E-state index contributed by atoms with van der Waals surface area (Å²) in [5, 5.41) is 0. The molecule has 2 N–H and O–H groups in total. The number of para-hydroxylation sites is 1. The Balaban J connectivity index is 0.00000625. The molecule has 0 aliphatic heterocycles. The molecular formula is C23H42ClNO. The Kier molecular flexibility index (Phi) is 14.9. The highest BCUT2D eigenvalue weighted by Gasteiger charge is 2.26. The van der Waals surface area contributed by atoms with Gasteiger partial charge in [-0.2, -0.15) is 0 Å². The Morgan fingerprint density at radius 1 is 0.808 bits per heavy atom. The second-order valence-corrected chi connectivity index (χ2v) is 8.07. The topological polar surface area (TPSA) is 35.2 Å². The van der Waals surface area contributed by atoms with E-state index in [1.807, 2.05) is 30.3 Å². The number of benzene rings is 1. The van der Waals surface area contributed by atoms with Crippen molar-refractivity contribution in [2.24, 2.45) is 5.73 Å². The predicted molar refractivity (Wildman–Crippen MR) is 117 cm³/mol. The van der Waals surface area contributed by atoms with Gasteiger partial charge in [-0.25, -0.2) is 0 Å². The van der Waals surface area contributed by atoms with Crippen molar-refractivity contribution >= 4 is 12.4 Å². The van der Waals surface area contributed by atoms with Gasteiger partial charge in [0.25, 0.3) is 0 Å². The first-order valence-corrected chi connectivity index (χ1v) is 10.5. The molecule has 1 aromatic carbocycles. The van der Waals surface area contributed by atoms with Gasteiger partial charge in [0, 0.05) is 5.54 Å². The summed E-state index contributed by atoms with van der Waals surface area (Å²) in [5.41, 5.74) is 6.02. The second-order valence-electron chi connectivity index (χ2n) is 8.07. The maximum absolute atomic E-state index is 6.33. The molecule has 0 bridgehead atoms. The Labute approximate surface area is 168 Å². The van der Waals surface area contributed by atoms with Crippen molar-refractivity contribution in [1.82, 2.24) is 0 Å². The van der Waals surface area contributed by atoms with E-state index in [1.54, 1.807) is 0 Å². The molecule has 0 saturated carbocycles. The van der Waals surface area contributed by atoms with Crippen molar-refractivity contribution in [1.29, 1.82) is 0 Å². The molecule has 3 heteroatoms. The number of unbranched alkanes of at least 4 members (excludes halogenated alkanes) is 10. The number of rotatable bonds is 15. The summed E-state index contributed by atoms with van der Waals surface area (Å²) in [7, 11) is 0. The summed E-state index contributed by atoms with van der Waals surface area (Å²) in [4.78, 5) is 0. The molecule has 0 aliphatic rings. The lowest BCUT2D eigenvalue weighted by atomic mass is 9.93. The van der Waals surface area contributed by atoms with Gasteiger partial charge in [0.15, 0.2) is 0 Å². The van der Waals surface area contributed by atoms with Crippen LogP contribution in [-0.2, 0) is 0 Å². The Morgan fingerprint density at radius 2 is 1.27 bits per heavy atom. The zero-order valence-electron chi connectivity index (χ0n) is 17.3. The molecule has 1 aromatic rings. The fourth-order valence-corrected chi connectivity index (χ4v) is 3.24. The first-order valence-electron chi connectivity index (χ1n) is 10.5. The number of hydrogen-bond donors (Lipinski definition) is 1. The molecule has 0 amide bonds. The summed E-state index contributed by atoms with van der Waals surface area (Å²) in [6.45, 7) is 6.42. The van der Waals surface area contributed by atoms with Gasteiger partial charge in [-0.1, -0.05) is 89.3 Å². The third-order valence-electron chi connectivity index (χ3n) is 4.92. The molecule has 0 fully saturated rings. The van der Waals surface area contributed by atoms with E-state index in [4.69, 9.17) is 10.5 Å². The van der Waals surface area contributed by atoms with Gasteiger partial charge in [0.2, 0.25) is 0 Å². The van der Waals surface area contributed by atoms with E-state index in [1.165, 1.54) is 70.6 Å². The van der Waals surface area contributed by atoms with Crippen LogP contribution in [0.1, 0.15) is 97.8 Å². The summed E-state index contributed by atoms with van der Waals surface area (Å²) in [6, 6.07) is 10.1. The minimum atomic E-state index is -0.311. The van der Waals surface area contributed by atoms with E-state index < -0.39 is 0 Å². The fraction of sp³-hybridized carbons (Fsp3) is 0.739. The van der Waals surface area contributed by atoms with E-state index in [2.05, 4.69) is 20.8 Å². The van der Waals surface area contributed by atoms with Gasteiger partial charge in [-0.05, 0) is 38.8 Å². The quantitative estimate of drug-likeness (QED) is 0.322. The molecular weight excluding hydrogens is 342 g/mol. The number of nitrogens with two attached hydrogens (primary N) is 1. The van der Waals surface area contributed by atoms with Gasteiger partial charge < -0.3 is 10.5 Å². The molecule has 0 spiro atoms. The second kappa shape index (κ2) is 15.3. The van der Waals surface area contributed by atoms with Crippen LogP contribution in [-0.4, -0.2) is 11.6 Å². The highest BCUT2D eigenvalue weighted by Crippen LogP contribution is 2.21. The molecule has 26 heavy (non-hydrogen) atoms. The molecule has 1 unspecified atom stereocenters. The summed E-state index contributed by atoms with van der Waals surface area (Å²) in [6.07, 6.45) is 16.2. The first kappa shape index (κ1) is 25.3. The lowest BCUT2D eigenvalue weighted by Gasteiger charge is -2.31. The van der Waals surface area contributed by atoms with Crippen LogP contribution in [0.3, 0.4) is 0 Å². The molecule has 0 radical (unpaired) electrons. The third kappa shape index (κ3) is 12.6. The van der Waals surface area contributed by atoms with Crippen LogP contribution in [0.25, 0.3) is 0 Å². The number of ether oxygens (including phenoxy) is 1. The standard InChI is InChI=1S/C23H41NO.ClH/c1-4-5-6-7-8-9-10-11-12-13-17-20-22(23(2,3)24)25-21-18-15-14-16-19-21;/h14-16,18-19,22H,4-13,17,20,24H2,1-3H3;1H. The monoisotopic (exact) mass is 383 g/mol. The number of halogens is 1. The smallest absolute Gasteiger partial charge is 0.119 e. The summed E-state index contributed by atoms with van der Waals surface area (Å²) >= 11 is 0. The highest BCUT2D eigenvalue weighted by molar-refractivity contribution is 5.85. The van der Waals surface area contributed by atoms with Gasteiger partial charge in [-0.3, -0.25) is 0 Å². The molecule has 0 saturated heterocycles. The van der Waals surface area contributed by atoms with Crippen molar-refractivity contribution in [3.8, 4) is 5.75 Å². The van der Waals surface area contributed by atoms with Crippen molar-refractivity contribution < 1.29 is 4.74 Å². The summed E-state index contributed by atoms with van der Waals surface area (Å²) in [5.74, 6) is 0.925. The van der Waals surface area contributed by atoms with E-state index in [0.29, 0.717) is 0 Å². The SMILES string of the molecule is CCCCCCCCCCCCCC(Oc1ccccc1)C(C)(C)N.Cl. The molecule has 1 rings (SSSR count). The lowest BCUT2D eigenvalue weighted by Crippen LogP contribution is -2.48. The van der Waals surface area contributed by atoms with E-state index in [9.17, 15) is 0 Å². The minimum Gasteiger partial charge on any atom is -0.489 e. The van der Waals surface area contributed by atoms with Gasteiger partial charge in [0.1, 0.15) is 11.9 Å². The molecule has 1 atom stereocenters. The van der Waals surface area contributed by atoms with Gasteiger partial charge >= 0.3 is 0 Å². The van der Waals surface area contributed by atoms with Gasteiger partial charge in [0.05, 0.1) is 0 Å². The zero-order valence-corrected chi connectivity index (χ0v) is 18.2. The average molecular weight is 384 g/mol. The maximum Gasteiger partial charge on any atom is 0.119 e. The molecule has 152 valence electrons. The van der Waals surface area contributed by atoms with Crippen LogP contribution in [0.5, 0.6) is 5.75 Å². The van der Waals surface area contributed by atoms with Crippen LogP contribution >= 0.6 is 12.4 Å². The highest BCUT2D eigenvalue weighted by atomic mass is 35.5. The van der Waals surface area contributed by atoms with Crippen molar-refractivity contribution in [2.75, 3.05) is 0 Å². The number of hydrogen-bond acceptors (Lipinski definition) is 2. The average Bonchev–Trinajstić information content (AvgIpc) is 2.58. The maximum atomic E-state index is 6.33. The van der Waals surface area contributed by atoms with E-state index in [-0.39, 0.29) is 24.0 Å². The Morgan fingerprint density at radius 3 is 1.73 bits per heavy atom.